The van der Waals surface area contributed by atoms with Gasteiger partial charge in [0.15, 0.2) is 5.16 Å². The monoisotopic (exact) mass is 256 g/mol. The minimum absolute atomic E-state index is 0.230. The summed E-state index contributed by atoms with van der Waals surface area (Å²) in [6, 6.07) is 0. The number of hydrogen-bond acceptors (Lipinski definition) is 6. The van der Waals surface area contributed by atoms with E-state index < -0.39 is 0 Å². The number of esters is 1. The highest BCUT2D eigenvalue weighted by molar-refractivity contribution is 7.99. The number of methoxy groups -OCH3 is 1. The largest absolute Gasteiger partial charge is 0.469 e. The predicted molar refractivity (Wildman–Crippen MR) is 65.5 cm³/mol. The van der Waals surface area contributed by atoms with Crippen molar-refractivity contribution in [2.45, 2.75) is 24.7 Å². The average Bonchev–Trinajstić information content (AvgIpc) is 2.72. The van der Waals surface area contributed by atoms with E-state index in [1.165, 1.54) is 18.9 Å². The quantitative estimate of drug-likeness (QED) is 0.436. The van der Waals surface area contributed by atoms with Gasteiger partial charge in [-0.15, -0.1) is 16.8 Å². The van der Waals surface area contributed by atoms with Crippen LogP contribution < -0.4 is 5.73 Å². The van der Waals surface area contributed by atoms with Gasteiger partial charge >= 0.3 is 5.97 Å². The number of allylic oxidation sites excluding steroid dienone is 1. The fraction of sp³-hybridized carbons (Fsp3) is 0.500. The summed E-state index contributed by atoms with van der Waals surface area (Å²) in [4.78, 5) is 11.0. The molecule has 0 atom stereocenters. The third-order valence-electron chi connectivity index (χ3n) is 2.05. The lowest BCUT2D eigenvalue weighted by Gasteiger charge is -2.05. The number of nitrogens with zero attached hydrogens (tertiary/aromatic N) is 3. The molecule has 0 radical (unpaired) electrons. The van der Waals surface area contributed by atoms with Crippen molar-refractivity contribution < 1.29 is 9.53 Å². The van der Waals surface area contributed by atoms with Gasteiger partial charge in [0.25, 0.3) is 0 Å². The van der Waals surface area contributed by atoms with Crippen LogP contribution in [0.15, 0.2) is 17.8 Å². The zero-order valence-electron chi connectivity index (χ0n) is 9.76. The van der Waals surface area contributed by atoms with Crippen LogP contribution in [-0.2, 0) is 22.6 Å². The van der Waals surface area contributed by atoms with Crippen LogP contribution in [0.4, 0.5) is 0 Å². The molecule has 0 unspecified atom stereocenters. The SMILES string of the molecule is C=CCn1c(CN)nnc1SCCC(=O)OC. The summed E-state index contributed by atoms with van der Waals surface area (Å²) in [6.45, 7) is 4.62. The molecule has 0 saturated heterocycles. The summed E-state index contributed by atoms with van der Waals surface area (Å²) < 4.78 is 6.44. The Bertz CT molecular complexity index is 392. The van der Waals surface area contributed by atoms with Crippen LogP contribution in [-0.4, -0.2) is 33.6 Å². The zero-order chi connectivity index (χ0) is 12.7. The molecule has 0 aromatic carbocycles. The van der Waals surface area contributed by atoms with Gasteiger partial charge in [-0.05, 0) is 0 Å². The molecule has 0 spiro atoms. The molecule has 1 aromatic rings. The smallest absolute Gasteiger partial charge is 0.306 e. The van der Waals surface area contributed by atoms with E-state index in [4.69, 9.17) is 5.73 Å². The Hall–Kier alpha value is -1.34. The maximum absolute atomic E-state index is 11.0. The highest BCUT2D eigenvalue weighted by atomic mass is 32.2. The third kappa shape index (κ3) is 3.86. The second-order valence-electron chi connectivity index (χ2n) is 3.18. The van der Waals surface area contributed by atoms with Crippen LogP contribution in [0.5, 0.6) is 0 Å². The van der Waals surface area contributed by atoms with Crippen LogP contribution in [0.25, 0.3) is 0 Å². The number of nitrogens with two attached hydrogens (primary N) is 1. The summed E-state index contributed by atoms with van der Waals surface area (Å²) in [5.74, 6) is 1.09. The second-order valence-corrected chi connectivity index (χ2v) is 4.24. The lowest BCUT2D eigenvalue weighted by atomic mass is 10.5. The van der Waals surface area contributed by atoms with Crippen molar-refractivity contribution in [3.63, 3.8) is 0 Å². The van der Waals surface area contributed by atoms with Crippen molar-refractivity contribution in [2.75, 3.05) is 12.9 Å². The molecule has 94 valence electrons. The van der Waals surface area contributed by atoms with E-state index in [2.05, 4.69) is 21.5 Å². The van der Waals surface area contributed by atoms with Gasteiger partial charge in [0.1, 0.15) is 5.82 Å². The number of hydrogen-bond donors (Lipinski definition) is 1. The minimum atomic E-state index is -0.230. The molecule has 0 saturated carbocycles. The normalized spacial score (nSPS) is 10.2. The van der Waals surface area contributed by atoms with Crippen LogP contribution >= 0.6 is 11.8 Å². The Labute approximate surface area is 104 Å². The Balaban J connectivity index is 2.60. The van der Waals surface area contributed by atoms with E-state index in [0.717, 1.165) is 5.16 Å². The molecule has 2 N–H and O–H groups in total. The van der Waals surface area contributed by atoms with Crippen molar-refractivity contribution in [3.05, 3.63) is 18.5 Å². The lowest BCUT2D eigenvalue weighted by Crippen LogP contribution is -2.09. The first-order valence-corrected chi connectivity index (χ1v) is 6.14. The van der Waals surface area contributed by atoms with Gasteiger partial charge in [0.05, 0.1) is 20.1 Å². The molecule has 6 nitrogen and oxygen atoms in total. The van der Waals surface area contributed by atoms with E-state index in [-0.39, 0.29) is 5.97 Å². The summed E-state index contributed by atoms with van der Waals surface area (Å²) >= 11 is 1.45. The van der Waals surface area contributed by atoms with Gasteiger partial charge in [0.2, 0.25) is 0 Å². The number of carbonyl (C=O) groups is 1. The Morgan fingerprint density at radius 3 is 3.00 bits per heavy atom. The standard InChI is InChI=1S/C10H16N4O2S/c1-3-5-14-8(7-11)12-13-10(14)17-6-4-9(15)16-2/h3H,1,4-7,11H2,2H3. The molecule has 0 aliphatic carbocycles. The first-order chi connectivity index (χ1) is 8.22. The molecule has 1 rings (SSSR count). The predicted octanol–water partition coefficient (Wildman–Crippen LogP) is 0.578. The van der Waals surface area contributed by atoms with Gasteiger partial charge in [-0.3, -0.25) is 4.79 Å². The highest BCUT2D eigenvalue weighted by Crippen LogP contribution is 2.18. The molecule has 1 heterocycles. The number of ether oxygens (including phenoxy) is 1. The van der Waals surface area contributed by atoms with Crippen molar-refractivity contribution in [3.8, 4) is 0 Å². The topological polar surface area (TPSA) is 83.0 Å². The number of carbonyl (C=O) groups excluding carboxylic acids is 1. The van der Waals surface area contributed by atoms with Crippen LogP contribution in [0.2, 0.25) is 0 Å². The highest BCUT2D eigenvalue weighted by Gasteiger charge is 2.10. The average molecular weight is 256 g/mol. The van der Waals surface area contributed by atoms with Gasteiger partial charge in [-0.1, -0.05) is 17.8 Å². The van der Waals surface area contributed by atoms with E-state index in [1.54, 1.807) is 6.08 Å². The van der Waals surface area contributed by atoms with E-state index in [9.17, 15) is 4.79 Å². The van der Waals surface area contributed by atoms with Crippen LogP contribution in [0.1, 0.15) is 12.2 Å². The van der Waals surface area contributed by atoms with Gasteiger partial charge in [0, 0.05) is 12.3 Å². The molecule has 1 aromatic heterocycles. The van der Waals surface area contributed by atoms with E-state index >= 15 is 0 Å². The molecular formula is C10H16N4O2S. The Morgan fingerprint density at radius 1 is 1.65 bits per heavy atom. The number of rotatable bonds is 7. The Morgan fingerprint density at radius 2 is 2.41 bits per heavy atom. The number of thioether (sulfide) groups is 1. The van der Waals surface area contributed by atoms with E-state index in [1.807, 2.05) is 4.57 Å². The zero-order valence-corrected chi connectivity index (χ0v) is 10.6. The van der Waals surface area contributed by atoms with Gasteiger partial charge in [-0.2, -0.15) is 0 Å². The fourth-order valence-electron chi connectivity index (χ4n) is 1.22. The van der Waals surface area contributed by atoms with Gasteiger partial charge < -0.3 is 15.0 Å². The van der Waals surface area contributed by atoms with Crippen molar-refractivity contribution in [2.24, 2.45) is 5.73 Å². The molecular weight excluding hydrogens is 240 g/mol. The molecule has 0 fully saturated rings. The third-order valence-corrected chi connectivity index (χ3v) is 3.02. The molecule has 0 bridgehead atoms. The van der Waals surface area contributed by atoms with Crippen molar-refractivity contribution in [1.29, 1.82) is 0 Å². The molecule has 0 amide bonds. The maximum atomic E-state index is 11.0. The first kappa shape index (κ1) is 13.7. The minimum Gasteiger partial charge on any atom is -0.469 e. The molecule has 0 aliphatic heterocycles. The molecule has 7 heteroatoms. The van der Waals surface area contributed by atoms with Crippen molar-refractivity contribution >= 4 is 17.7 Å². The Kier molecular flexibility index (Phi) is 5.71. The fourth-order valence-corrected chi connectivity index (χ4v) is 2.10. The first-order valence-electron chi connectivity index (χ1n) is 5.15. The molecule has 0 aliphatic rings. The lowest BCUT2D eigenvalue weighted by molar-refractivity contribution is -0.140. The van der Waals surface area contributed by atoms with Crippen LogP contribution in [0.3, 0.4) is 0 Å². The molecule has 17 heavy (non-hydrogen) atoms. The van der Waals surface area contributed by atoms with Crippen molar-refractivity contribution in [1.82, 2.24) is 14.8 Å². The second kappa shape index (κ2) is 7.08. The van der Waals surface area contributed by atoms with Gasteiger partial charge in [-0.25, -0.2) is 0 Å². The van der Waals surface area contributed by atoms with Crippen LogP contribution in [0, 0.1) is 0 Å². The summed E-state index contributed by atoms with van der Waals surface area (Å²) in [6.07, 6.45) is 2.10. The maximum Gasteiger partial charge on any atom is 0.306 e. The summed E-state index contributed by atoms with van der Waals surface area (Å²) in [7, 11) is 1.37. The number of aromatic nitrogens is 3. The van der Waals surface area contributed by atoms with E-state index in [0.29, 0.717) is 31.1 Å². The summed E-state index contributed by atoms with van der Waals surface area (Å²) in [5.41, 5.74) is 5.55. The summed E-state index contributed by atoms with van der Waals surface area (Å²) in [5, 5.41) is 8.74.